The maximum absolute atomic E-state index is 9.98. The van der Waals surface area contributed by atoms with Crippen LogP contribution < -0.4 is 11.1 Å². The molecular formula is C13H20N2O. The summed E-state index contributed by atoms with van der Waals surface area (Å²) in [6.07, 6.45) is 3.80. The van der Waals surface area contributed by atoms with Crippen LogP contribution in [0.2, 0.25) is 0 Å². The first kappa shape index (κ1) is 11.4. The highest BCUT2D eigenvalue weighted by atomic mass is 16.3. The molecule has 1 aromatic carbocycles. The predicted molar refractivity (Wildman–Crippen MR) is 66.2 cm³/mol. The predicted octanol–water partition coefficient (Wildman–Crippen LogP) is 1.31. The lowest BCUT2D eigenvalue weighted by atomic mass is 10.0. The van der Waals surface area contributed by atoms with Gasteiger partial charge in [-0.1, -0.05) is 12.1 Å². The second-order valence-corrected chi connectivity index (χ2v) is 4.55. The van der Waals surface area contributed by atoms with Gasteiger partial charge in [-0.25, -0.2) is 0 Å². The van der Waals surface area contributed by atoms with E-state index in [0.29, 0.717) is 6.04 Å². The van der Waals surface area contributed by atoms with Crippen LogP contribution in [0, 0.1) is 0 Å². The van der Waals surface area contributed by atoms with Gasteiger partial charge in [0.2, 0.25) is 0 Å². The minimum atomic E-state index is -0.222. The molecule has 0 saturated carbocycles. The summed E-state index contributed by atoms with van der Waals surface area (Å²) in [6, 6.07) is 8.19. The summed E-state index contributed by atoms with van der Waals surface area (Å²) < 4.78 is 0. The molecule has 4 N–H and O–H groups in total. The summed E-state index contributed by atoms with van der Waals surface area (Å²) in [7, 11) is 0. The van der Waals surface area contributed by atoms with E-state index >= 15 is 0 Å². The van der Waals surface area contributed by atoms with Crippen molar-refractivity contribution in [3.63, 3.8) is 0 Å². The molecule has 1 fully saturated rings. The number of aliphatic hydroxyl groups excluding tert-OH is 1. The summed E-state index contributed by atoms with van der Waals surface area (Å²) in [5, 5.41) is 13.3. The number of hydrogen-bond acceptors (Lipinski definition) is 3. The summed E-state index contributed by atoms with van der Waals surface area (Å²) in [4.78, 5) is 0. The Kier molecular flexibility index (Phi) is 3.80. The molecular weight excluding hydrogens is 200 g/mol. The molecule has 0 aromatic heterocycles. The lowest BCUT2D eigenvalue weighted by Gasteiger charge is -2.18. The standard InChI is InChI=1S/C13H20N2O/c14-11-6-3-10(4-7-11)5-8-13(16)12-2-1-9-15-12/h3-4,6-7,12-13,15-16H,1-2,5,8-9,14H2. The topological polar surface area (TPSA) is 58.3 Å². The first-order valence-corrected chi connectivity index (χ1v) is 6.01. The molecule has 0 aliphatic carbocycles. The van der Waals surface area contributed by atoms with Crippen molar-refractivity contribution in [2.75, 3.05) is 12.3 Å². The molecule has 3 nitrogen and oxygen atoms in total. The number of benzene rings is 1. The van der Waals surface area contributed by atoms with Gasteiger partial charge in [-0.05, 0) is 49.9 Å². The van der Waals surface area contributed by atoms with Crippen molar-refractivity contribution in [3.05, 3.63) is 29.8 Å². The summed E-state index contributed by atoms with van der Waals surface area (Å²) >= 11 is 0. The quantitative estimate of drug-likeness (QED) is 0.671. The van der Waals surface area contributed by atoms with E-state index in [-0.39, 0.29) is 6.10 Å². The smallest absolute Gasteiger partial charge is 0.0696 e. The number of nitrogen functional groups attached to an aromatic ring is 1. The number of aryl methyl sites for hydroxylation is 1. The Bertz CT molecular complexity index is 317. The van der Waals surface area contributed by atoms with Crippen LogP contribution in [-0.4, -0.2) is 23.8 Å². The lowest BCUT2D eigenvalue weighted by Crippen LogP contribution is -2.34. The van der Waals surface area contributed by atoms with E-state index in [4.69, 9.17) is 5.73 Å². The third kappa shape index (κ3) is 2.97. The van der Waals surface area contributed by atoms with Crippen molar-refractivity contribution in [1.82, 2.24) is 5.32 Å². The molecule has 88 valence electrons. The molecule has 2 rings (SSSR count). The molecule has 0 radical (unpaired) electrons. The number of nitrogens with one attached hydrogen (secondary N) is 1. The van der Waals surface area contributed by atoms with E-state index in [1.165, 1.54) is 12.0 Å². The molecule has 1 aliphatic heterocycles. The summed E-state index contributed by atoms with van der Waals surface area (Å²) in [6.45, 7) is 1.05. The molecule has 1 heterocycles. The van der Waals surface area contributed by atoms with Gasteiger partial charge in [0.25, 0.3) is 0 Å². The van der Waals surface area contributed by atoms with Crippen molar-refractivity contribution < 1.29 is 5.11 Å². The summed E-state index contributed by atoms with van der Waals surface area (Å²) in [5.74, 6) is 0. The fraction of sp³-hybridized carbons (Fsp3) is 0.538. The number of aliphatic hydroxyl groups is 1. The van der Waals surface area contributed by atoms with E-state index < -0.39 is 0 Å². The fourth-order valence-electron chi connectivity index (χ4n) is 2.24. The van der Waals surface area contributed by atoms with E-state index in [1.54, 1.807) is 0 Å². The maximum Gasteiger partial charge on any atom is 0.0696 e. The average molecular weight is 220 g/mol. The monoisotopic (exact) mass is 220 g/mol. The van der Waals surface area contributed by atoms with Crippen LogP contribution in [0.3, 0.4) is 0 Å². The Labute approximate surface area is 96.7 Å². The normalized spacial score (nSPS) is 22.2. The SMILES string of the molecule is Nc1ccc(CCC(O)C2CCCN2)cc1. The summed E-state index contributed by atoms with van der Waals surface area (Å²) in [5.41, 5.74) is 7.66. The zero-order valence-electron chi connectivity index (χ0n) is 9.52. The van der Waals surface area contributed by atoms with Gasteiger partial charge >= 0.3 is 0 Å². The first-order chi connectivity index (χ1) is 7.75. The minimum absolute atomic E-state index is 0.222. The zero-order valence-corrected chi connectivity index (χ0v) is 9.52. The van der Waals surface area contributed by atoms with Crippen molar-refractivity contribution in [2.45, 2.75) is 37.8 Å². The van der Waals surface area contributed by atoms with Gasteiger partial charge in [-0.15, -0.1) is 0 Å². The average Bonchev–Trinajstić information content (AvgIpc) is 2.81. The van der Waals surface area contributed by atoms with Gasteiger partial charge in [0.15, 0.2) is 0 Å². The van der Waals surface area contributed by atoms with E-state index in [1.807, 2.05) is 24.3 Å². The van der Waals surface area contributed by atoms with Crippen molar-refractivity contribution in [2.24, 2.45) is 0 Å². The van der Waals surface area contributed by atoms with Crippen LogP contribution in [0.15, 0.2) is 24.3 Å². The van der Waals surface area contributed by atoms with Crippen LogP contribution in [0.1, 0.15) is 24.8 Å². The number of rotatable bonds is 4. The highest BCUT2D eigenvalue weighted by molar-refractivity contribution is 5.39. The van der Waals surface area contributed by atoms with Crippen LogP contribution >= 0.6 is 0 Å². The Morgan fingerprint density at radius 3 is 2.75 bits per heavy atom. The zero-order chi connectivity index (χ0) is 11.4. The molecule has 3 heteroatoms. The number of anilines is 1. The van der Waals surface area contributed by atoms with Crippen LogP contribution in [0.5, 0.6) is 0 Å². The van der Waals surface area contributed by atoms with Crippen molar-refractivity contribution in [3.8, 4) is 0 Å². The van der Waals surface area contributed by atoms with Crippen LogP contribution in [0.25, 0.3) is 0 Å². The fourth-order valence-corrected chi connectivity index (χ4v) is 2.24. The van der Waals surface area contributed by atoms with Gasteiger partial charge in [-0.2, -0.15) is 0 Å². The molecule has 0 spiro atoms. The number of nitrogens with two attached hydrogens (primary N) is 1. The molecule has 2 unspecified atom stereocenters. The molecule has 1 saturated heterocycles. The Morgan fingerprint density at radius 2 is 2.12 bits per heavy atom. The molecule has 2 atom stereocenters. The third-order valence-electron chi connectivity index (χ3n) is 3.27. The highest BCUT2D eigenvalue weighted by Crippen LogP contribution is 2.15. The minimum Gasteiger partial charge on any atom is -0.399 e. The Hall–Kier alpha value is -1.06. The molecule has 16 heavy (non-hydrogen) atoms. The molecule has 1 aliphatic rings. The third-order valence-corrected chi connectivity index (χ3v) is 3.27. The molecule has 1 aromatic rings. The van der Waals surface area contributed by atoms with Gasteiger partial charge in [0.1, 0.15) is 0 Å². The van der Waals surface area contributed by atoms with E-state index in [2.05, 4.69) is 5.32 Å². The van der Waals surface area contributed by atoms with Gasteiger partial charge in [0, 0.05) is 11.7 Å². The van der Waals surface area contributed by atoms with Crippen molar-refractivity contribution in [1.29, 1.82) is 0 Å². The molecule has 0 amide bonds. The lowest BCUT2D eigenvalue weighted by molar-refractivity contribution is 0.127. The Morgan fingerprint density at radius 1 is 1.38 bits per heavy atom. The second-order valence-electron chi connectivity index (χ2n) is 4.55. The highest BCUT2D eigenvalue weighted by Gasteiger charge is 2.21. The van der Waals surface area contributed by atoms with Crippen molar-refractivity contribution >= 4 is 5.69 Å². The van der Waals surface area contributed by atoms with Gasteiger partial charge in [-0.3, -0.25) is 0 Å². The second kappa shape index (κ2) is 5.32. The number of hydrogen-bond donors (Lipinski definition) is 3. The Balaban J connectivity index is 1.80. The van der Waals surface area contributed by atoms with Gasteiger partial charge in [0.05, 0.1) is 6.10 Å². The first-order valence-electron chi connectivity index (χ1n) is 6.01. The van der Waals surface area contributed by atoms with Crippen LogP contribution in [-0.2, 0) is 6.42 Å². The molecule has 0 bridgehead atoms. The van der Waals surface area contributed by atoms with E-state index in [9.17, 15) is 5.11 Å². The largest absolute Gasteiger partial charge is 0.399 e. The maximum atomic E-state index is 9.98. The van der Waals surface area contributed by atoms with E-state index in [0.717, 1.165) is 31.5 Å². The van der Waals surface area contributed by atoms with Crippen LogP contribution in [0.4, 0.5) is 5.69 Å². The van der Waals surface area contributed by atoms with Gasteiger partial charge < -0.3 is 16.2 Å².